The molecule has 1 aliphatic rings. The van der Waals surface area contributed by atoms with E-state index in [0.717, 1.165) is 5.92 Å². The Balaban J connectivity index is 0.000000681. The van der Waals surface area contributed by atoms with Gasteiger partial charge in [-0.2, -0.15) is 0 Å². The Hall–Kier alpha value is 0. The molecule has 0 heterocycles. The van der Waals surface area contributed by atoms with Crippen LogP contribution < -0.4 is 0 Å². The summed E-state index contributed by atoms with van der Waals surface area (Å²) >= 11 is 0. The van der Waals surface area contributed by atoms with Crippen molar-refractivity contribution in [2.45, 2.75) is 226 Å². The van der Waals surface area contributed by atoms with Gasteiger partial charge in [-0.25, -0.2) is 0 Å². The first-order valence-electron chi connectivity index (χ1n) is 17.8. The summed E-state index contributed by atoms with van der Waals surface area (Å²) in [5.41, 5.74) is 0. The quantitative estimate of drug-likeness (QED) is 0.0884. The van der Waals surface area contributed by atoms with Gasteiger partial charge in [0.1, 0.15) is 0 Å². The van der Waals surface area contributed by atoms with Crippen LogP contribution in [0.25, 0.3) is 0 Å². The summed E-state index contributed by atoms with van der Waals surface area (Å²) < 4.78 is 0. The lowest BCUT2D eigenvalue weighted by Gasteiger charge is -2.03. The molecule has 0 bridgehead atoms. The zero-order valence-corrected chi connectivity index (χ0v) is 26.2. The molecule has 0 aromatic heterocycles. The van der Waals surface area contributed by atoms with Gasteiger partial charge in [-0.1, -0.05) is 226 Å². The lowest BCUT2D eigenvalue weighted by molar-refractivity contribution is 0.530. The Kier molecular flexibility index (Phi) is 33.0. The van der Waals surface area contributed by atoms with Crippen LogP contribution in [0.1, 0.15) is 226 Å². The topological polar surface area (TPSA) is 0 Å². The van der Waals surface area contributed by atoms with Gasteiger partial charge < -0.3 is 0 Å². The Morgan fingerprint density at radius 2 is 0.472 bits per heavy atom. The predicted octanol–water partition coefficient (Wildman–Crippen LogP) is 14.1. The van der Waals surface area contributed by atoms with Crippen LogP contribution in [0.3, 0.4) is 0 Å². The molecule has 0 nitrogen and oxygen atoms in total. The summed E-state index contributed by atoms with van der Waals surface area (Å²) in [6, 6.07) is 0. The molecular weight excluding hydrogens is 432 g/mol. The molecule has 0 unspecified atom stereocenters. The molecular formula is C36H74. The van der Waals surface area contributed by atoms with E-state index >= 15 is 0 Å². The molecule has 0 atom stereocenters. The first-order valence-corrected chi connectivity index (χ1v) is 17.8. The maximum atomic E-state index is 2.30. The molecule has 0 saturated heterocycles. The molecule has 1 saturated carbocycles. The maximum absolute atomic E-state index is 2.30. The van der Waals surface area contributed by atoms with E-state index in [9.17, 15) is 0 Å². The third-order valence-electron chi connectivity index (χ3n) is 8.37. The Morgan fingerprint density at radius 1 is 0.278 bits per heavy atom. The lowest BCUT2D eigenvalue weighted by Crippen LogP contribution is -1.83. The van der Waals surface area contributed by atoms with E-state index in [4.69, 9.17) is 0 Å². The Morgan fingerprint density at radius 3 is 0.667 bits per heavy atom. The van der Waals surface area contributed by atoms with Crippen molar-refractivity contribution < 1.29 is 0 Å². The smallest absolute Gasteiger partial charge is 0.0414 e. The molecule has 0 aliphatic heterocycles. The van der Waals surface area contributed by atoms with Crippen LogP contribution in [0.2, 0.25) is 0 Å². The van der Waals surface area contributed by atoms with E-state index in [1.165, 1.54) is 205 Å². The maximum Gasteiger partial charge on any atom is -0.0414 e. The second kappa shape index (κ2) is 33.0. The van der Waals surface area contributed by atoms with Gasteiger partial charge in [0.2, 0.25) is 0 Å². The van der Waals surface area contributed by atoms with Crippen molar-refractivity contribution in [1.82, 2.24) is 0 Å². The van der Waals surface area contributed by atoms with Crippen LogP contribution in [-0.4, -0.2) is 0 Å². The summed E-state index contributed by atoms with van der Waals surface area (Å²) in [6.45, 7) is 6.88. The standard InChI is InChI=1S/C18H36.C18H38/c1-2-3-4-5-6-7-8-9-10-11-12-13-14-15-18-16-17-18;1-3-5-7-9-11-13-15-17-18-16-14-12-10-8-6-4-2/h18H,2-17H2,1H3;3-18H2,1-2H3. The minimum absolute atomic E-state index is 1.15. The van der Waals surface area contributed by atoms with E-state index in [1.807, 2.05) is 0 Å². The average Bonchev–Trinajstić information content (AvgIpc) is 3.72. The Bertz CT molecular complexity index is 339. The zero-order chi connectivity index (χ0) is 26.2. The van der Waals surface area contributed by atoms with Crippen molar-refractivity contribution >= 4 is 0 Å². The largest absolute Gasteiger partial charge is 0.0654 e. The molecule has 0 spiro atoms. The number of unbranched alkanes of at least 4 members (excludes halogenated alkanes) is 27. The Labute approximate surface area is 232 Å². The van der Waals surface area contributed by atoms with Crippen LogP contribution >= 0.6 is 0 Å². The van der Waals surface area contributed by atoms with Crippen LogP contribution in [0.15, 0.2) is 0 Å². The van der Waals surface area contributed by atoms with Crippen molar-refractivity contribution in [3.63, 3.8) is 0 Å². The molecule has 0 heteroatoms. The monoisotopic (exact) mass is 507 g/mol. The summed E-state index contributed by atoms with van der Waals surface area (Å²) in [5, 5.41) is 0. The highest BCUT2D eigenvalue weighted by atomic mass is 14.3. The van der Waals surface area contributed by atoms with Crippen molar-refractivity contribution in [2.75, 3.05) is 0 Å². The van der Waals surface area contributed by atoms with E-state index in [-0.39, 0.29) is 0 Å². The van der Waals surface area contributed by atoms with Gasteiger partial charge in [0.05, 0.1) is 0 Å². The highest BCUT2D eigenvalue weighted by Crippen LogP contribution is 2.34. The molecule has 218 valence electrons. The number of hydrogen-bond acceptors (Lipinski definition) is 0. The minimum atomic E-state index is 1.15. The summed E-state index contributed by atoms with van der Waals surface area (Å²) in [5.74, 6) is 1.15. The zero-order valence-electron chi connectivity index (χ0n) is 26.2. The van der Waals surface area contributed by atoms with Crippen molar-refractivity contribution in [2.24, 2.45) is 5.92 Å². The SMILES string of the molecule is CCCCCCCCCCCCCCCC1CC1.CCCCCCCCCCCCCCCCCC. The van der Waals surface area contributed by atoms with E-state index in [0.29, 0.717) is 0 Å². The summed E-state index contributed by atoms with van der Waals surface area (Å²) in [4.78, 5) is 0. The van der Waals surface area contributed by atoms with E-state index in [2.05, 4.69) is 20.8 Å². The second-order valence-corrected chi connectivity index (χ2v) is 12.4. The molecule has 0 N–H and O–H groups in total. The highest BCUT2D eigenvalue weighted by Gasteiger charge is 2.19. The van der Waals surface area contributed by atoms with Crippen molar-refractivity contribution in [3.05, 3.63) is 0 Å². The molecule has 0 aromatic rings. The molecule has 0 aromatic carbocycles. The third kappa shape index (κ3) is 34.0. The van der Waals surface area contributed by atoms with Crippen LogP contribution in [-0.2, 0) is 0 Å². The first-order chi connectivity index (χ1) is 17.8. The minimum Gasteiger partial charge on any atom is -0.0654 e. The van der Waals surface area contributed by atoms with Gasteiger partial charge in [-0.05, 0) is 5.92 Å². The van der Waals surface area contributed by atoms with Crippen LogP contribution in [0, 0.1) is 5.92 Å². The predicted molar refractivity (Wildman–Crippen MR) is 168 cm³/mol. The fourth-order valence-electron chi connectivity index (χ4n) is 5.48. The fourth-order valence-corrected chi connectivity index (χ4v) is 5.48. The molecule has 36 heavy (non-hydrogen) atoms. The van der Waals surface area contributed by atoms with Crippen LogP contribution in [0.5, 0.6) is 0 Å². The normalized spacial score (nSPS) is 13.1. The fraction of sp³-hybridized carbons (Fsp3) is 1.00. The van der Waals surface area contributed by atoms with Gasteiger partial charge in [0.25, 0.3) is 0 Å². The molecule has 1 aliphatic carbocycles. The van der Waals surface area contributed by atoms with Gasteiger partial charge in [-0.15, -0.1) is 0 Å². The van der Waals surface area contributed by atoms with Crippen LogP contribution in [0.4, 0.5) is 0 Å². The van der Waals surface area contributed by atoms with E-state index < -0.39 is 0 Å². The lowest BCUT2D eigenvalue weighted by atomic mass is 10.0. The van der Waals surface area contributed by atoms with Gasteiger partial charge >= 0.3 is 0 Å². The summed E-state index contributed by atoms with van der Waals surface area (Å²) in [6.07, 6.45) is 47.3. The van der Waals surface area contributed by atoms with E-state index in [1.54, 1.807) is 0 Å². The molecule has 0 amide bonds. The average molecular weight is 507 g/mol. The van der Waals surface area contributed by atoms with Gasteiger partial charge in [0, 0.05) is 0 Å². The van der Waals surface area contributed by atoms with Crippen molar-refractivity contribution in [3.8, 4) is 0 Å². The van der Waals surface area contributed by atoms with Crippen molar-refractivity contribution in [1.29, 1.82) is 0 Å². The molecule has 1 fully saturated rings. The third-order valence-corrected chi connectivity index (χ3v) is 8.37. The highest BCUT2D eigenvalue weighted by molar-refractivity contribution is 4.72. The number of rotatable bonds is 29. The summed E-state index contributed by atoms with van der Waals surface area (Å²) in [7, 11) is 0. The van der Waals surface area contributed by atoms with Gasteiger partial charge in [0.15, 0.2) is 0 Å². The number of hydrogen-bond donors (Lipinski definition) is 0. The first kappa shape index (κ1) is 36.0. The molecule has 1 rings (SSSR count). The van der Waals surface area contributed by atoms with Gasteiger partial charge in [-0.3, -0.25) is 0 Å². The molecule has 0 radical (unpaired) electrons. The second-order valence-electron chi connectivity index (χ2n) is 12.4.